The number of rotatable bonds is 4. The number of unbranched alkanes of at least 4 members (excludes halogenated alkanes) is 1. The third-order valence-electron chi connectivity index (χ3n) is 5.73. The summed E-state index contributed by atoms with van der Waals surface area (Å²) in [6, 6.07) is 0.903. The number of piperidine rings is 3. The van der Waals surface area contributed by atoms with Crippen LogP contribution in [0, 0.1) is 17.0 Å². The maximum Gasteiger partial charge on any atom is 0.0971 e. The predicted molar refractivity (Wildman–Crippen MR) is 75.3 cm³/mol. The van der Waals surface area contributed by atoms with Gasteiger partial charge in [0.1, 0.15) is 0 Å². The molecule has 0 spiro atoms. The molecule has 3 saturated heterocycles. The molecule has 19 heavy (non-hydrogen) atoms. The second-order valence-corrected chi connectivity index (χ2v) is 6.83. The molecule has 0 aromatic carbocycles. The van der Waals surface area contributed by atoms with Crippen molar-refractivity contribution in [1.29, 1.82) is 0 Å². The fraction of sp³-hybridized carbons (Fsp3) is 1.00. The van der Waals surface area contributed by atoms with Crippen molar-refractivity contribution in [2.45, 2.75) is 57.0 Å². The van der Waals surface area contributed by atoms with E-state index in [-0.39, 0.29) is 4.65 Å². The van der Waals surface area contributed by atoms with Gasteiger partial charge in [-0.3, -0.25) is 0 Å². The SMILES string of the molecule is [O-][N+]12CCC[C@H]3CNC(CCCCO)[C@@H](CCC1)[C@H]32. The summed E-state index contributed by atoms with van der Waals surface area (Å²) < 4.78 is 0.119. The molecule has 3 aliphatic heterocycles. The smallest absolute Gasteiger partial charge is 0.0971 e. The first-order chi connectivity index (χ1) is 9.24. The molecule has 2 N–H and O–H groups in total. The minimum Gasteiger partial charge on any atom is -0.633 e. The van der Waals surface area contributed by atoms with Gasteiger partial charge in [0.25, 0.3) is 0 Å². The van der Waals surface area contributed by atoms with Gasteiger partial charge < -0.3 is 20.3 Å². The highest BCUT2D eigenvalue weighted by Gasteiger charge is 2.51. The molecule has 3 fully saturated rings. The van der Waals surface area contributed by atoms with Crippen molar-refractivity contribution in [3.05, 3.63) is 5.21 Å². The van der Waals surface area contributed by atoms with E-state index >= 15 is 0 Å². The van der Waals surface area contributed by atoms with E-state index in [9.17, 15) is 5.21 Å². The summed E-state index contributed by atoms with van der Waals surface area (Å²) in [7, 11) is 0. The number of aliphatic hydroxyl groups excluding tert-OH is 1. The fourth-order valence-electron chi connectivity index (χ4n) is 4.96. The summed E-state index contributed by atoms with van der Waals surface area (Å²) in [4.78, 5) is 0. The zero-order chi connectivity index (χ0) is 13.3. The van der Waals surface area contributed by atoms with Crippen molar-refractivity contribution in [1.82, 2.24) is 5.32 Å². The van der Waals surface area contributed by atoms with Crippen molar-refractivity contribution in [3.63, 3.8) is 0 Å². The van der Waals surface area contributed by atoms with E-state index in [1.54, 1.807) is 0 Å². The third-order valence-corrected chi connectivity index (χ3v) is 5.73. The first kappa shape index (κ1) is 13.8. The highest BCUT2D eigenvalue weighted by atomic mass is 16.5. The van der Waals surface area contributed by atoms with Gasteiger partial charge in [-0.05, 0) is 44.9 Å². The van der Waals surface area contributed by atoms with Crippen molar-refractivity contribution in [2.24, 2.45) is 11.8 Å². The number of hydroxylamine groups is 3. The van der Waals surface area contributed by atoms with Crippen LogP contribution in [-0.4, -0.2) is 48.1 Å². The van der Waals surface area contributed by atoms with Crippen LogP contribution in [0.3, 0.4) is 0 Å². The molecule has 3 rings (SSSR count). The first-order valence-electron chi connectivity index (χ1n) is 8.16. The van der Waals surface area contributed by atoms with Crippen LogP contribution in [0.25, 0.3) is 0 Å². The topological polar surface area (TPSA) is 55.3 Å². The van der Waals surface area contributed by atoms with E-state index < -0.39 is 0 Å². The molecule has 0 radical (unpaired) electrons. The van der Waals surface area contributed by atoms with Gasteiger partial charge in [0.05, 0.1) is 19.1 Å². The maximum absolute atomic E-state index is 13.1. The molecule has 0 saturated carbocycles. The second-order valence-electron chi connectivity index (χ2n) is 6.83. The summed E-state index contributed by atoms with van der Waals surface area (Å²) in [5, 5.41) is 25.7. The Morgan fingerprint density at radius 3 is 2.74 bits per heavy atom. The molecule has 110 valence electrons. The Labute approximate surface area is 116 Å². The second kappa shape index (κ2) is 5.68. The largest absolute Gasteiger partial charge is 0.633 e. The van der Waals surface area contributed by atoms with Gasteiger partial charge in [0.15, 0.2) is 0 Å². The Morgan fingerprint density at radius 1 is 1.16 bits per heavy atom. The molecule has 3 heterocycles. The van der Waals surface area contributed by atoms with Crippen LogP contribution >= 0.6 is 0 Å². The van der Waals surface area contributed by atoms with Crippen LogP contribution in [0.4, 0.5) is 0 Å². The van der Waals surface area contributed by atoms with E-state index in [0.29, 0.717) is 30.5 Å². The molecule has 4 nitrogen and oxygen atoms in total. The van der Waals surface area contributed by atoms with Crippen molar-refractivity contribution < 1.29 is 9.75 Å². The quantitative estimate of drug-likeness (QED) is 0.463. The third kappa shape index (κ3) is 2.56. The lowest BCUT2D eigenvalue weighted by Crippen LogP contribution is -2.70. The van der Waals surface area contributed by atoms with Crippen molar-refractivity contribution in [3.8, 4) is 0 Å². The molecule has 4 heteroatoms. The molecule has 3 aliphatic rings. The van der Waals surface area contributed by atoms with Gasteiger partial charge in [-0.2, -0.15) is 0 Å². The molecule has 0 bridgehead atoms. The van der Waals surface area contributed by atoms with Crippen LogP contribution < -0.4 is 5.32 Å². The molecule has 0 aliphatic carbocycles. The number of hydrogen-bond donors (Lipinski definition) is 2. The monoisotopic (exact) mass is 268 g/mol. The Bertz CT molecular complexity index is 307. The van der Waals surface area contributed by atoms with Gasteiger partial charge >= 0.3 is 0 Å². The van der Waals surface area contributed by atoms with Gasteiger partial charge in [-0.15, -0.1) is 0 Å². The summed E-state index contributed by atoms with van der Waals surface area (Å²) >= 11 is 0. The minimum absolute atomic E-state index is 0.119. The Hall–Kier alpha value is -0.160. The number of hydrogen-bond acceptors (Lipinski definition) is 3. The van der Waals surface area contributed by atoms with E-state index in [2.05, 4.69) is 5.32 Å². The van der Waals surface area contributed by atoms with Gasteiger partial charge in [0, 0.05) is 31.0 Å². The Kier molecular flexibility index (Phi) is 4.13. The number of aliphatic hydroxyl groups is 1. The van der Waals surface area contributed by atoms with Gasteiger partial charge in [-0.1, -0.05) is 0 Å². The van der Waals surface area contributed by atoms with Crippen LogP contribution in [0.1, 0.15) is 44.9 Å². The number of quaternary nitrogens is 1. The summed E-state index contributed by atoms with van der Waals surface area (Å²) in [5.41, 5.74) is 0. The molecule has 5 atom stereocenters. The van der Waals surface area contributed by atoms with Crippen molar-refractivity contribution >= 4 is 0 Å². The lowest BCUT2D eigenvalue weighted by atomic mass is 9.69. The maximum atomic E-state index is 13.1. The summed E-state index contributed by atoms with van der Waals surface area (Å²) in [5.74, 6) is 1.20. The number of nitrogens with zero attached hydrogens (tertiary/aromatic N) is 1. The molecule has 0 aromatic heterocycles. The highest BCUT2D eigenvalue weighted by Crippen LogP contribution is 2.44. The first-order valence-corrected chi connectivity index (χ1v) is 8.16. The zero-order valence-electron chi connectivity index (χ0n) is 11.9. The van der Waals surface area contributed by atoms with Crippen LogP contribution in [0.2, 0.25) is 0 Å². The average Bonchev–Trinajstić information content (AvgIpc) is 2.41. The standard InChI is InChI=1S/C15H28N2O2/c18-10-2-1-7-14-13-6-4-9-17(19)8-3-5-12(11-16-14)15(13)17/h12-16,18H,1-11H2/t12-,13+,14?,15-,17?/m0/s1. The van der Waals surface area contributed by atoms with E-state index in [1.165, 1.54) is 12.8 Å². The normalized spacial score (nSPS) is 45.8. The minimum atomic E-state index is 0.119. The van der Waals surface area contributed by atoms with Crippen LogP contribution in [0.15, 0.2) is 0 Å². The van der Waals surface area contributed by atoms with E-state index in [0.717, 1.165) is 51.7 Å². The van der Waals surface area contributed by atoms with Crippen LogP contribution in [0.5, 0.6) is 0 Å². The molecule has 2 unspecified atom stereocenters. The lowest BCUT2D eigenvalue weighted by Gasteiger charge is -2.62. The summed E-state index contributed by atoms with van der Waals surface area (Å²) in [6.45, 7) is 3.07. The average molecular weight is 268 g/mol. The molecule has 0 amide bonds. The fourth-order valence-corrected chi connectivity index (χ4v) is 4.96. The molecular weight excluding hydrogens is 240 g/mol. The highest BCUT2D eigenvalue weighted by molar-refractivity contribution is 4.96. The van der Waals surface area contributed by atoms with Crippen LogP contribution in [-0.2, 0) is 0 Å². The van der Waals surface area contributed by atoms with Crippen molar-refractivity contribution in [2.75, 3.05) is 26.2 Å². The molecule has 0 aromatic rings. The van der Waals surface area contributed by atoms with Gasteiger partial charge in [-0.25, -0.2) is 0 Å². The molecular formula is C15H28N2O2. The lowest BCUT2D eigenvalue weighted by molar-refractivity contribution is -0.925. The zero-order valence-corrected chi connectivity index (χ0v) is 11.9. The predicted octanol–water partition coefficient (Wildman–Crippen LogP) is 1.62. The summed E-state index contributed by atoms with van der Waals surface area (Å²) in [6.07, 6.45) is 7.83. The van der Waals surface area contributed by atoms with E-state index in [4.69, 9.17) is 5.11 Å². The Balaban J connectivity index is 1.71. The van der Waals surface area contributed by atoms with Gasteiger partial charge in [0.2, 0.25) is 0 Å². The number of nitrogens with one attached hydrogen (secondary N) is 1. The van der Waals surface area contributed by atoms with E-state index in [1.807, 2.05) is 0 Å². The Morgan fingerprint density at radius 2 is 1.95 bits per heavy atom.